The van der Waals surface area contributed by atoms with Gasteiger partial charge in [-0.3, -0.25) is 0 Å². The number of hydrogen-bond acceptors (Lipinski definition) is 6. The van der Waals surface area contributed by atoms with Gasteiger partial charge in [-0.15, -0.1) is 5.10 Å². The normalized spacial score (nSPS) is 14.3. The van der Waals surface area contributed by atoms with Crippen LogP contribution >= 0.6 is 11.6 Å². The second kappa shape index (κ2) is 9.11. The van der Waals surface area contributed by atoms with Crippen molar-refractivity contribution >= 4 is 11.6 Å². The number of aromatic nitrogens is 6. The van der Waals surface area contributed by atoms with E-state index < -0.39 is 23.3 Å². The number of ether oxygens (including phenoxy) is 1. The lowest BCUT2D eigenvalue weighted by Crippen LogP contribution is -2.44. The molecule has 4 aromatic rings. The smallest absolute Gasteiger partial charge is 0.138 e. The van der Waals surface area contributed by atoms with E-state index in [1.54, 1.807) is 31.3 Å². The van der Waals surface area contributed by atoms with Crippen LogP contribution in [-0.4, -0.2) is 41.0 Å². The average molecular weight is 461 g/mol. The number of nitrogens with zero attached hydrogens (tertiary/aromatic N) is 6. The number of hydrogen-bond donors (Lipinski definition) is 1. The molecule has 8 nitrogen and oxygen atoms in total. The van der Waals surface area contributed by atoms with Crippen LogP contribution in [0.25, 0.3) is 5.69 Å². The average Bonchev–Trinajstić information content (AvgIpc) is 3.44. The Balaban J connectivity index is 1.55. The number of benzene rings is 2. The topological polar surface area (TPSA) is 90.9 Å². The van der Waals surface area contributed by atoms with E-state index in [0.29, 0.717) is 22.5 Å². The molecule has 0 saturated carbocycles. The van der Waals surface area contributed by atoms with Crippen molar-refractivity contribution < 1.29 is 18.6 Å². The van der Waals surface area contributed by atoms with Crippen molar-refractivity contribution in [2.75, 3.05) is 0 Å². The maximum absolute atomic E-state index is 14.6. The molecule has 0 saturated heterocycles. The van der Waals surface area contributed by atoms with E-state index in [9.17, 15) is 13.9 Å². The van der Waals surface area contributed by atoms with Crippen LogP contribution in [0.5, 0.6) is 0 Å². The third-order valence-corrected chi connectivity index (χ3v) is 5.38. The van der Waals surface area contributed by atoms with Crippen LogP contribution in [0, 0.1) is 11.6 Å². The second-order valence-corrected chi connectivity index (χ2v) is 7.61. The number of aliphatic hydroxyl groups is 1. The molecule has 0 aliphatic heterocycles. The molecule has 2 atom stereocenters. The summed E-state index contributed by atoms with van der Waals surface area (Å²) in [5.74, 6) is -1.65. The summed E-state index contributed by atoms with van der Waals surface area (Å²) in [5.41, 5.74) is -0.873. The van der Waals surface area contributed by atoms with Gasteiger partial charge in [0.1, 0.15) is 35.6 Å². The highest BCUT2D eigenvalue weighted by Gasteiger charge is 2.40. The largest absolute Gasteiger partial charge is 0.380 e. The van der Waals surface area contributed by atoms with Crippen molar-refractivity contribution in [1.29, 1.82) is 0 Å². The molecule has 2 aromatic carbocycles. The maximum Gasteiger partial charge on any atom is 0.138 e. The predicted molar refractivity (Wildman–Crippen MR) is 111 cm³/mol. The van der Waals surface area contributed by atoms with E-state index in [-0.39, 0.29) is 18.7 Å². The lowest BCUT2D eigenvalue weighted by molar-refractivity contribution is -0.124. The zero-order valence-electron chi connectivity index (χ0n) is 16.9. The van der Waals surface area contributed by atoms with Gasteiger partial charge in [0, 0.05) is 11.6 Å². The fourth-order valence-electron chi connectivity index (χ4n) is 3.30. The Bertz CT molecular complexity index is 1200. The van der Waals surface area contributed by atoms with Crippen LogP contribution in [0.4, 0.5) is 8.78 Å². The van der Waals surface area contributed by atoms with Gasteiger partial charge in [0.15, 0.2) is 0 Å². The lowest BCUT2D eigenvalue weighted by Gasteiger charge is -2.34. The van der Waals surface area contributed by atoms with Crippen molar-refractivity contribution in [2.24, 2.45) is 0 Å². The molecule has 0 unspecified atom stereocenters. The van der Waals surface area contributed by atoms with Crippen LogP contribution in [0.15, 0.2) is 61.3 Å². The molecule has 11 heteroatoms. The Morgan fingerprint density at radius 2 is 2.03 bits per heavy atom. The molecule has 2 aromatic heterocycles. The first-order chi connectivity index (χ1) is 15.4. The first-order valence-corrected chi connectivity index (χ1v) is 10.0. The predicted octanol–water partition coefficient (Wildman–Crippen LogP) is 3.28. The molecule has 0 spiro atoms. The quantitative estimate of drug-likeness (QED) is 0.434. The van der Waals surface area contributed by atoms with E-state index in [1.807, 2.05) is 6.07 Å². The summed E-state index contributed by atoms with van der Waals surface area (Å²) in [4.78, 5) is 3.84. The van der Waals surface area contributed by atoms with Crippen LogP contribution in [0.1, 0.15) is 18.2 Å². The van der Waals surface area contributed by atoms with Crippen molar-refractivity contribution in [3.63, 3.8) is 0 Å². The Hall–Kier alpha value is -3.21. The van der Waals surface area contributed by atoms with Gasteiger partial charge >= 0.3 is 0 Å². The molecular formula is C21H19ClF2N6O2. The van der Waals surface area contributed by atoms with E-state index in [0.717, 1.165) is 6.07 Å². The number of para-hydroxylation sites is 1. The summed E-state index contributed by atoms with van der Waals surface area (Å²) in [7, 11) is 0. The van der Waals surface area contributed by atoms with Crippen molar-refractivity contribution in [3.05, 3.63) is 89.2 Å². The Morgan fingerprint density at radius 1 is 1.22 bits per heavy atom. The van der Waals surface area contributed by atoms with Gasteiger partial charge < -0.3 is 9.84 Å². The first kappa shape index (κ1) is 22.0. The lowest BCUT2D eigenvalue weighted by atomic mass is 9.88. The third kappa shape index (κ3) is 4.52. The monoisotopic (exact) mass is 460 g/mol. The fraction of sp³-hybridized carbons (Fsp3) is 0.238. The molecule has 32 heavy (non-hydrogen) atoms. The molecule has 0 bridgehead atoms. The van der Waals surface area contributed by atoms with Gasteiger partial charge in [0.25, 0.3) is 0 Å². The summed E-state index contributed by atoms with van der Waals surface area (Å²) in [6.45, 7) is 1.40. The van der Waals surface area contributed by atoms with Gasteiger partial charge in [-0.25, -0.2) is 23.1 Å². The minimum absolute atomic E-state index is 0.0197. The van der Waals surface area contributed by atoms with E-state index in [2.05, 4.69) is 20.4 Å². The number of halogens is 3. The minimum atomic E-state index is -1.87. The van der Waals surface area contributed by atoms with Gasteiger partial charge in [-0.2, -0.15) is 5.10 Å². The highest BCUT2D eigenvalue weighted by molar-refractivity contribution is 6.32. The van der Waals surface area contributed by atoms with E-state index >= 15 is 0 Å². The standard InChI is InChI=1S/C21H19ClF2N6O2/c1-14(32-10-16-9-30(28-27-16)20-5-3-2-4-18(20)22)21(31,11-29-13-25-12-26-29)17-7-6-15(23)8-19(17)24/h2-9,12-14,31H,10-11H2,1H3/t14-,21-/m1/s1. The van der Waals surface area contributed by atoms with Crippen LogP contribution in [0.3, 0.4) is 0 Å². The third-order valence-electron chi connectivity index (χ3n) is 5.06. The van der Waals surface area contributed by atoms with Gasteiger partial charge in [0.05, 0.1) is 36.2 Å². The second-order valence-electron chi connectivity index (χ2n) is 7.20. The summed E-state index contributed by atoms with van der Waals surface area (Å²) >= 11 is 6.19. The van der Waals surface area contributed by atoms with Crippen LogP contribution in [-0.2, 0) is 23.5 Å². The molecule has 2 heterocycles. The maximum atomic E-state index is 14.6. The number of rotatable bonds is 8. The molecule has 0 radical (unpaired) electrons. The molecule has 166 valence electrons. The summed E-state index contributed by atoms with van der Waals surface area (Å²) in [6.07, 6.45) is 3.38. The summed E-state index contributed by atoms with van der Waals surface area (Å²) in [6, 6.07) is 10.1. The molecule has 0 amide bonds. The van der Waals surface area contributed by atoms with Gasteiger partial charge in [-0.1, -0.05) is 35.0 Å². The molecular weight excluding hydrogens is 442 g/mol. The zero-order valence-corrected chi connectivity index (χ0v) is 17.7. The van der Waals surface area contributed by atoms with Crippen molar-refractivity contribution in [2.45, 2.75) is 31.8 Å². The van der Waals surface area contributed by atoms with Crippen LogP contribution in [0.2, 0.25) is 5.02 Å². The molecule has 4 rings (SSSR count). The van der Waals surface area contributed by atoms with Gasteiger partial charge in [-0.05, 0) is 25.1 Å². The van der Waals surface area contributed by atoms with Crippen LogP contribution < -0.4 is 0 Å². The SMILES string of the molecule is C[C@@H](OCc1cn(-c2ccccc2Cl)nn1)[C@](O)(Cn1cncn1)c1ccc(F)cc1F. The molecule has 1 N–H and O–H groups in total. The zero-order chi connectivity index (χ0) is 22.7. The van der Waals surface area contributed by atoms with Crippen molar-refractivity contribution in [1.82, 2.24) is 29.8 Å². The first-order valence-electron chi connectivity index (χ1n) is 9.65. The molecule has 0 fully saturated rings. The van der Waals surface area contributed by atoms with E-state index in [1.165, 1.54) is 28.1 Å². The molecule has 0 aliphatic carbocycles. The highest BCUT2D eigenvalue weighted by Crippen LogP contribution is 2.32. The highest BCUT2D eigenvalue weighted by atomic mass is 35.5. The van der Waals surface area contributed by atoms with Gasteiger partial charge in [0.2, 0.25) is 0 Å². The Kier molecular flexibility index (Phi) is 6.26. The fourth-order valence-corrected chi connectivity index (χ4v) is 3.53. The van der Waals surface area contributed by atoms with Crippen molar-refractivity contribution in [3.8, 4) is 5.69 Å². The Morgan fingerprint density at radius 3 is 2.75 bits per heavy atom. The molecule has 0 aliphatic rings. The minimum Gasteiger partial charge on any atom is -0.380 e. The van der Waals surface area contributed by atoms with E-state index in [4.69, 9.17) is 16.3 Å². The summed E-state index contributed by atoms with van der Waals surface area (Å²) < 4.78 is 36.7. The Labute approximate surface area is 187 Å². The summed E-state index contributed by atoms with van der Waals surface area (Å²) in [5, 5.41) is 24.0.